The minimum Gasteiger partial charge on any atom is -0.334 e. The molecule has 0 radical (unpaired) electrons. The Morgan fingerprint density at radius 1 is 1.04 bits per heavy atom. The van der Waals surface area contributed by atoms with Crippen LogP contribution in [0.4, 0.5) is 5.95 Å². The van der Waals surface area contributed by atoms with Crippen LogP contribution in [-0.2, 0) is 9.59 Å². The highest BCUT2D eigenvalue weighted by Gasteiger charge is 2.41. The standard InChI is InChI=1S/C18H27N5O2/c24-15(16(25)22-11-9-18(10-12-22)7-4-8-18)20-17-19-13-23(21-17)14-5-2-1-3-6-14/h13-14H,1-12H2,(H,20,21,24). The third kappa shape index (κ3) is 3.41. The van der Waals surface area contributed by atoms with Crippen LogP contribution >= 0.6 is 0 Å². The monoisotopic (exact) mass is 345 g/mol. The molecule has 2 amide bonds. The summed E-state index contributed by atoms with van der Waals surface area (Å²) in [7, 11) is 0. The van der Waals surface area contributed by atoms with Crippen molar-refractivity contribution in [2.45, 2.75) is 70.3 Å². The molecular formula is C18H27N5O2. The number of nitrogens with zero attached hydrogens (tertiary/aromatic N) is 4. The van der Waals surface area contributed by atoms with Crippen molar-refractivity contribution in [1.29, 1.82) is 0 Å². The van der Waals surface area contributed by atoms with Gasteiger partial charge in [-0.3, -0.25) is 14.9 Å². The van der Waals surface area contributed by atoms with E-state index in [9.17, 15) is 9.59 Å². The van der Waals surface area contributed by atoms with Gasteiger partial charge in [0.15, 0.2) is 0 Å². The lowest BCUT2D eigenvalue weighted by Crippen LogP contribution is -2.49. The Balaban J connectivity index is 1.31. The Kier molecular flexibility index (Phi) is 4.48. The van der Waals surface area contributed by atoms with E-state index in [-0.39, 0.29) is 5.95 Å². The van der Waals surface area contributed by atoms with Gasteiger partial charge in [0.2, 0.25) is 5.95 Å². The predicted octanol–water partition coefficient (Wildman–Crippen LogP) is 2.51. The van der Waals surface area contributed by atoms with Crippen molar-refractivity contribution in [3.63, 3.8) is 0 Å². The molecule has 7 nitrogen and oxygen atoms in total. The first-order chi connectivity index (χ1) is 12.2. The second kappa shape index (κ2) is 6.77. The molecule has 3 fully saturated rings. The summed E-state index contributed by atoms with van der Waals surface area (Å²) < 4.78 is 1.83. The lowest BCUT2D eigenvalue weighted by atomic mass is 9.63. The number of carbonyl (C=O) groups is 2. The second-order valence-corrected chi connectivity index (χ2v) is 7.94. The van der Waals surface area contributed by atoms with Crippen LogP contribution in [0.5, 0.6) is 0 Å². The molecule has 136 valence electrons. The Hall–Kier alpha value is -1.92. The lowest BCUT2D eigenvalue weighted by Gasteiger charge is -2.47. The first-order valence-electron chi connectivity index (χ1n) is 9.67. The highest BCUT2D eigenvalue weighted by Crippen LogP contribution is 2.48. The SMILES string of the molecule is O=C(Nc1ncn(C2CCCCC2)n1)C(=O)N1CCC2(CCC2)CC1. The van der Waals surface area contributed by atoms with Crippen LogP contribution in [0.1, 0.15) is 70.3 Å². The van der Waals surface area contributed by atoms with Crippen molar-refractivity contribution in [3.05, 3.63) is 6.33 Å². The van der Waals surface area contributed by atoms with Gasteiger partial charge in [0.05, 0.1) is 6.04 Å². The van der Waals surface area contributed by atoms with Crippen LogP contribution in [0.3, 0.4) is 0 Å². The fourth-order valence-corrected chi connectivity index (χ4v) is 4.51. The number of rotatable bonds is 2. The molecule has 7 heteroatoms. The molecule has 1 aliphatic heterocycles. The fourth-order valence-electron chi connectivity index (χ4n) is 4.51. The number of carbonyl (C=O) groups excluding carboxylic acids is 2. The molecule has 0 bridgehead atoms. The topological polar surface area (TPSA) is 80.1 Å². The lowest BCUT2D eigenvalue weighted by molar-refractivity contribution is -0.145. The molecule has 0 unspecified atom stereocenters. The van der Waals surface area contributed by atoms with Crippen molar-refractivity contribution in [2.24, 2.45) is 5.41 Å². The Labute approximate surface area is 148 Å². The van der Waals surface area contributed by atoms with Crippen molar-refractivity contribution in [1.82, 2.24) is 19.7 Å². The number of hydrogen-bond acceptors (Lipinski definition) is 4. The molecule has 1 aromatic rings. The van der Waals surface area contributed by atoms with E-state index in [1.807, 2.05) is 4.68 Å². The van der Waals surface area contributed by atoms with Gasteiger partial charge < -0.3 is 4.90 Å². The number of anilines is 1. The van der Waals surface area contributed by atoms with Gasteiger partial charge in [-0.25, -0.2) is 9.67 Å². The largest absolute Gasteiger partial charge is 0.334 e. The average molecular weight is 345 g/mol. The van der Waals surface area contributed by atoms with Gasteiger partial charge in [-0.05, 0) is 43.9 Å². The third-order valence-corrected chi connectivity index (χ3v) is 6.40. The summed E-state index contributed by atoms with van der Waals surface area (Å²) in [6, 6.07) is 0.364. The zero-order chi connectivity index (χ0) is 17.3. The summed E-state index contributed by atoms with van der Waals surface area (Å²) >= 11 is 0. The van der Waals surface area contributed by atoms with E-state index in [2.05, 4.69) is 15.4 Å². The van der Waals surface area contributed by atoms with Gasteiger partial charge >= 0.3 is 11.8 Å². The second-order valence-electron chi connectivity index (χ2n) is 7.94. The summed E-state index contributed by atoms with van der Waals surface area (Å²) in [6.45, 7) is 1.38. The van der Waals surface area contributed by atoms with E-state index >= 15 is 0 Å². The van der Waals surface area contributed by atoms with Crippen molar-refractivity contribution >= 4 is 17.8 Å². The van der Waals surface area contributed by atoms with Gasteiger partial charge in [-0.1, -0.05) is 25.7 Å². The number of nitrogens with one attached hydrogen (secondary N) is 1. The smallest absolute Gasteiger partial charge is 0.316 e. The molecule has 2 aliphatic carbocycles. The maximum atomic E-state index is 12.4. The number of piperidine rings is 1. The quantitative estimate of drug-likeness (QED) is 0.835. The molecule has 2 saturated carbocycles. The summed E-state index contributed by atoms with van der Waals surface area (Å²) in [5, 5.41) is 6.92. The molecule has 1 saturated heterocycles. The maximum absolute atomic E-state index is 12.4. The minimum atomic E-state index is -0.619. The minimum absolute atomic E-state index is 0.233. The average Bonchev–Trinajstić information content (AvgIpc) is 3.09. The Morgan fingerprint density at radius 2 is 1.76 bits per heavy atom. The summed E-state index contributed by atoms with van der Waals surface area (Å²) in [5.41, 5.74) is 0.466. The molecule has 4 rings (SSSR count). The van der Waals surface area contributed by atoms with Crippen LogP contribution in [0, 0.1) is 5.41 Å². The van der Waals surface area contributed by atoms with Crippen LogP contribution in [0.25, 0.3) is 0 Å². The Morgan fingerprint density at radius 3 is 2.40 bits per heavy atom. The molecule has 1 N–H and O–H groups in total. The molecule has 25 heavy (non-hydrogen) atoms. The van der Waals surface area contributed by atoms with Gasteiger partial charge in [0, 0.05) is 13.1 Å². The highest BCUT2D eigenvalue weighted by atomic mass is 16.2. The maximum Gasteiger partial charge on any atom is 0.316 e. The molecular weight excluding hydrogens is 318 g/mol. The number of aromatic nitrogens is 3. The molecule has 0 aromatic carbocycles. The van der Waals surface area contributed by atoms with Crippen LogP contribution in [-0.4, -0.2) is 44.6 Å². The van der Waals surface area contributed by atoms with E-state index in [0.717, 1.165) is 25.7 Å². The van der Waals surface area contributed by atoms with Gasteiger partial charge in [0.1, 0.15) is 6.33 Å². The predicted molar refractivity (Wildman–Crippen MR) is 92.9 cm³/mol. The van der Waals surface area contributed by atoms with Crippen molar-refractivity contribution in [2.75, 3.05) is 18.4 Å². The summed E-state index contributed by atoms with van der Waals surface area (Å²) in [4.78, 5) is 30.5. The third-order valence-electron chi connectivity index (χ3n) is 6.40. The molecule has 1 aromatic heterocycles. The summed E-state index contributed by atoms with van der Waals surface area (Å²) in [6.07, 6.45) is 13.5. The first kappa shape index (κ1) is 16.5. The van der Waals surface area contributed by atoms with Gasteiger partial charge in [-0.2, -0.15) is 0 Å². The normalized spacial score (nSPS) is 23.3. The fraction of sp³-hybridized carbons (Fsp3) is 0.778. The zero-order valence-electron chi connectivity index (χ0n) is 14.7. The summed E-state index contributed by atoms with van der Waals surface area (Å²) in [5.74, 6) is -0.842. The van der Waals surface area contributed by atoms with Gasteiger partial charge in [-0.15, -0.1) is 5.10 Å². The molecule has 0 atom stereocenters. The molecule has 2 heterocycles. The number of likely N-dealkylation sites (tertiary alicyclic amines) is 1. The first-order valence-corrected chi connectivity index (χ1v) is 9.67. The van der Waals surface area contributed by atoms with Crippen molar-refractivity contribution in [3.8, 4) is 0 Å². The van der Waals surface area contributed by atoms with Crippen LogP contribution < -0.4 is 5.32 Å². The van der Waals surface area contributed by atoms with Crippen LogP contribution in [0.15, 0.2) is 6.33 Å². The van der Waals surface area contributed by atoms with Gasteiger partial charge in [0.25, 0.3) is 0 Å². The molecule has 3 aliphatic rings. The molecule has 1 spiro atoms. The number of amides is 2. The number of hydrogen-bond donors (Lipinski definition) is 1. The van der Waals surface area contributed by atoms with E-state index < -0.39 is 11.8 Å². The Bertz CT molecular complexity index is 636. The van der Waals surface area contributed by atoms with E-state index in [1.165, 1.54) is 38.5 Å². The van der Waals surface area contributed by atoms with E-state index in [4.69, 9.17) is 0 Å². The van der Waals surface area contributed by atoms with E-state index in [0.29, 0.717) is 24.5 Å². The highest BCUT2D eigenvalue weighted by molar-refractivity contribution is 6.39. The zero-order valence-corrected chi connectivity index (χ0v) is 14.7. The van der Waals surface area contributed by atoms with E-state index in [1.54, 1.807) is 11.2 Å². The van der Waals surface area contributed by atoms with Crippen LogP contribution in [0.2, 0.25) is 0 Å². The van der Waals surface area contributed by atoms with Crippen molar-refractivity contribution < 1.29 is 9.59 Å².